The van der Waals surface area contributed by atoms with Crippen LogP contribution in [-0.4, -0.2) is 27.1 Å². The number of rotatable bonds is 2. The van der Waals surface area contributed by atoms with E-state index in [0.717, 1.165) is 19.4 Å². The van der Waals surface area contributed by atoms with E-state index in [9.17, 15) is 0 Å². The van der Waals surface area contributed by atoms with Gasteiger partial charge in [0.25, 0.3) is 0 Å². The summed E-state index contributed by atoms with van der Waals surface area (Å²) in [6.07, 6.45) is 2.89. The number of ether oxygens (including phenoxy) is 1. The van der Waals surface area contributed by atoms with Crippen molar-refractivity contribution in [3.63, 3.8) is 0 Å². The maximum Gasteiger partial charge on any atom is 0.192 e. The van der Waals surface area contributed by atoms with Gasteiger partial charge in [0.15, 0.2) is 8.32 Å². The van der Waals surface area contributed by atoms with Gasteiger partial charge < -0.3 is 9.16 Å². The Balaban J connectivity index is 2.59. The van der Waals surface area contributed by atoms with Gasteiger partial charge in [0, 0.05) is 6.61 Å². The first kappa shape index (κ1) is 13.2. The Morgan fingerprint density at radius 1 is 1.27 bits per heavy atom. The molecule has 0 amide bonds. The summed E-state index contributed by atoms with van der Waals surface area (Å²) in [6.45, 7) is 14.5. The first-order valence-corrected chi connectivity index (χ1v) is 8.94. The van der Waals surface area contributed by atoms with E-state index in [1.165, 1.54) is 0 Å². The van der Waals surface area contributed by atoms with Gasteiger partial charge in [0.2, 0.25) is 0 Å². The molecule has 0 aliphatic carbocycles. The molecule has 2 nitrogen and oxygen atoms in total. The molecule has 0 unspecified atom stereocenters. The lowest BCUT2D eigenvalue weighted by molar-refractivity contribution is -0.0572. The smallest absolute Gasteiger partial charge is 0.192 e. The Labute approximate surface area is 95.5 Å². The second-order valence-electron chi connectivity index (χ2n) is 6.13. The molecule has 0 aromatic rings. The standard InChI is InChI=1S/C12H26O2Si/c1-10-11(8-7-9-13-10)14-15(5,6)12(2,3)4/h10-11H,7-9H2,1-6H3/t10-,11+/m1/s1. The third kappa shape index (κ3) is 3.30. The molecule has 0 radical (unpaired) electrons. The van der Waals surface area contributed by atoms with Gasteiger partial charge in [-0.2, -0.15) is 0 Å². The Morgan fingerprint density at radius 2 is 1.87 bits per heavy atom. The Morgan fingerprint density at radius 3 is 2.33 bits per heavy atom. The van der Waals surface area contributed by atoms with Crippen molar-refractivity contribution in [3.05, 3.63) is 0 Å². The molecule has 2 atom stereocenters. The molecule has 90 valence electrons. The lowest BCUT2D eigenvalue weighted by Crippen LogP contribution is -2.48. The Kier molecular flexibility index (Phi) is 4.01. The predicted octanol–water partition coefficient (Wildman–Crippen LogP) is 3.58. The Hall–Kier alpha value is 0.137. The summed E-state index contributed by atoms with van der Waals surface area (Å²) in [7, 11) is -1.61. The molecule has 0 bridgehead atoms. The average Bonchev–Trinajstić information content (AvgIpc) is 2.06. The van der Waals surface area contributed by atoms with Gasteiger partial charge in [-0.25, -0.2) is 0 Å². The van der Waals surface area contributed by atoms with Gasteiger partial charge in [0.05, 0.1) is 12.2 Å². The van der Waals surface area contributed by atoms with Crippen LogP contribution in [0.2, 0.25) is 18.1 Å². The van der Waals surface area contributed by atoms with Crippen LogP contribution in [0.15, 0.2) is 0 Å². The van der Waals surface area contributed by atoms with E-state index in [-0.39, 0.29) is 6.10 Å². The average molecular weight is 230 g/mol. The van der Waals surface area contributed by atoms with Crippen molar-refractivity contribution < 1.29 is 9.16 Å². The van der Waals surface area contributed by atoms with Crippen molar-refractivity contribution in [2.75, 3.05) is 6.61 Å². The molecule has 0 aromatic carbocycles. The fourth-order valence-electron chi connectivity index (χ4n) is 1.61. The van der Waals surface area contributed by atoms with E-state index in [4.69, 9.17) is 9.16 Å². The summed E-state index contributed by atoms with van der Waals surface area (Å²) in [5.41, 5.74) is 0. The van der Waals surface area contributed by atoms with E-state index in [2.05, 4.69) is 40.8 Å². The summed E-state index contributed by atoms with van der Waals surface area (Å²) in [6, 6.07) is 0. The summed E-state index contributed by atoms with van der Waals surface area (Å²) >= 11 is 0. The van der Waals surface area contributed by atoms with Crippen molar-refractivity contribution in [1.29, 1.82) is 0 Å². The molecule has 1 fully saturated rings. The van der Waals surface area contributed by atoms with Crippen LogP contribution in [0, 0.1) is 0 Å². The van der Waals surface area contributed by atoms with Crippen molar-refractivity contribution in [2.24, 2.45) is 0 Å². The highest BCUT2D eigenvalue weighted by Gasteiger charge is 2.40. The van der Waals surface area contributed by atoms with Gasteiger partial charge >= 0.3 is 0 Å². The van der Waals surface area contributed by atoms with Crippen LogP contribution in [0.4, 0.5) is 0 Å². The normalized spacial score (nSPS) is 29.2. The molecule has 0 N–H and O–H groups in total. The van der Waals surface area contributed by atoms with E-state index in [1.807, 2.05) is 0 Å². The van der Waals surface area contributed by atoms with Crippen molar-refractivity contribution in [3.8, 4) is 0 Å². The van der Waals surface area contributed by atoms with Gasteiger partial charge in [-0.15, -0.1) is 0 Å². The zero-order valence-electron chi connectivity index (χ0n) is 11.1. The molecule has 1 rings (SSSR count). The fraction of sp³-hybridized carbons (Fsp3) is 1.00. The highest BCUT2D eigenvalue weighted by molar-refractivity contribution is 6.74. The van der Waals surface area contributed by atoms with E-state index >= 15 is 0 Å². The van der Waals surface area contributed by atoms with Crippen molar-refractivity contribution >= 4 is 8.32 Å². The maximum atomic E-state index is 6.37. The summed E-state index contributed by atoms with van der Waals surface area (Å²) < 4.78 is 12.0. The van der Waals surface area contributed by atoms with Gasteiger partial charge in [-0.05, 0) is 37.9 Å². The molecule has 1 saturated heterocycles. The molecule has 0 saturated carbocycles. The molecule has 0 aromatic heterocycles. The van der Waals surface area contributed by atoms with Crippen LogP contribution >= 0.6 is 0 Å². The molecule has 3 heteroatoms. The van der Waals surface area contributed by atoms with Crippen LogP contribution in [0.5, 0.6) is 0 Å². The topological polar surface area (TPSA) is 18.5 Å². The lowest BCUT2D eigenvalue weighted by Gasteiger charge is -2.42. The summed E-state index contributed by atoms with van der Waals surface area (Å²) in [5, 5.41) is 0.296. The number of hydrogen-bond donors (Lipinski definition) is 0. The Bertz CT molecular complexity index is 208. The van der Waals surface area contributed by atoms with Crippen LogP contribution in [0.1, 0.15) is 40.5 Å². The minimum absolute atomic E-state index is 0.271. The largest absolute Gasteiger partial charge is 0.411 e. The van der Waals surface area contributed by atoms with Crippen LogP contribution in [0.25, 0.3) is 0 Å². The van der Waals surface area contributed by atoms with Gasteiger partial charge in [-0.1, -0.05) is 20.8 Å². The van der Waals surface area contributed by atoms with Crippen LogP contribution < -0.4 is 0 Å². The minimum atomic E-state index is -1.61. The summed E-state index contributed by atoms with van der Waals surface area (Å²) in [4.78, 5) is 0. The van der Waals surface area contributed by atoms with Crippen LogP contribution in [0.3, 0.4) is 0 Å². The third-order valence-electron chi connectivity index (χ3n) is 3.79. The highest BCUT2D eigenvalue weighted by Crippen LogP contribution is 2.38. The monoisotopic (exact) mass is 230 g/mol. The van der Waals surface area contributed by atoms with E-state index < -0.39 is 8.32 Å². The van der Waals surface area contributed by atoms with Gasteiger partial charge in [-0.3, -0.25) is 0 Å². The van der Waals surface area contributed by atoms with Crippen molar-refractivity contribution in [1.82, 2.24) is 0 Å². The number of hydrogen-bond acceptors (Lipinski definition) is 2. The minimum Gasteiger partial charge on any atom is -0.411 e. The molecule has 15 heavy (non-hydrogen) atoms. The summed E-state index contributed by atoms with van der Waals surface area (Å²) in [5.74, 6) is 0. The SMILES string of the molecule is C[C@H]1OCCC[C@@H]1O[Si](C)(C)C(C)(C)C. The zero-order valence-corrected chi connectivity index (χ0v) is 12.1. The van der Waals surface area contributed by atoms with E-state index in [1.54, 1.807) is 0 Å². The predicted molar refractivity (Wildman–Crippen MR) is 66.7 cm³/mol. The fourth-order valence-corrected chi connectivity index (χ4v) is 3.03. The van der Waals surface area contributed by atoms with E-state index in [0.29, 0.717) is 11.1 Å². The molecule has 0 spiro atoms. The molecule has 1 aliphatic heterocycles. The van der Waals surface area contributed by atoms with Crippen molar-refractivity contribution in [2.45, 2.75) is 70.9 Å². The first-order valence-electron chi connectivity index (χ1n) is 6.03. The molecule has 1 heterocycles. The second-order valence-corrected chi connectivity index (χ2v) is 10.9. The highest BCUT2D eigenvalue weighted by atomic mass is 28.4. The molecular weight excluding hydrogens is 204 g/mol. The van der Waals surface area contributed by atoms with Crippen LogP contribution in [-0.2, 0) is 9.16 Å². The second kappa shape index (κ2) is 4.56. The lowest BCUT2D eigenvalue weighted by atomic mass is 10.1. The molecule has 1 aliphatic rings. The third-order valence-corrected chi connectivity index (χ3v) is 8.29. The van der Waals surface area contributed by atoms with Gasteiger partial charge in [0.1, 0.15) is 0 Å². The maximum absolute atomic E-state index is 6.37. The quantitative estimate of drug-likeness (QED) is 0.675. The first-order chi connectivity index (χ1) is 6.74. The zero-order chi connectivity index (χ0) is 11.7. The molecular formula is C12H26O2Si.